The van der Waals surface area contributed by atoms with Crippen LogP contribution in [0.15, 0.2) is 45.6 Å². The number of methoxy groups -OCH3 is 2. The molecule has 3 aromatic rings. The fourth-order valence-corrected chi connectivity index (χ4v) is 3.56. The minimum absolute atomic E-state index is 0.0700. The summed E-state index contributed by atoms with van der Waals surface area (Å²) >= 11 is 5.85. The molecule has 32 heavy (non-hydrogen) atoms. The van der Waals surface area contributed by atoms with E-state index in [1.165, 1.54) is 14.2 Å². The average Bonchev–Trinajstić information content (AvgIpc) is 2.76. The van der Waals surface area contributed by atoms with Crippen LogP contribution in [-0.2, 0) is 22.4 Å². The zero-order valence-corrected chi connectivity index (χ0v) is 18.5. The lowest BCUT2D eigenvalue weighted by atomic mass is 10.0. The summed E-state index contributed by atoms with van der Waals surface area (Å²) in [5, 5.41) is 13.1. The summed E-state index contributed by atoms with van der Waals surface area (Å²) in [6, 6.07) is 8.87. The molecule has 0 spiro atoms. The van der Waals surface area contributed by atoms with Crippen molar-refractivity contribution in [3.05, 3.63) is 68.5 Å². The van der Waals surface area contributed by atoms with Gasteiger partial charge in [0.05, 0.1) is 26.2 Å². The number of benzene rings is 2. The lowest BCUT2D eigenvalue weighted by Crippen LogP contribution is -2.43. The number of hydrogen-bond donors (Lipinski definition) is 2. The topological polar surface area (TPSA) is 115 Å². The number of ether oxygens (including phenoxy) is 2. The Labute approximate surface area is 188 Å². The number of hydrogen-bond acceptors (Lipinski definition) is 6. The van der Waals surface area contributed by atoms with E-state index in [4.69, 9.17) is 25.5 Å². The number of rotatable bonds is 8. The fraction of sp³-hybridized carbons (Fsp3) is 0.261. The van der Waals surface area contributed by atoms with Crippen LogP contribution in [0.2, 0.25) is 5.02 Å². The second-order valence-corrected chi connectivity index (χ2v) is 7.57. The summed E-state index contributed by atoms with van der Waals surface area (Å²) < 4.78 is 16.0. The molecule has 0 fully saturated rings. The summed E-state index contributed by atoms with van der Waals surface area (Å²) in [4.78, 5) is 36.9. The standard InChI is InChI=1S/C23H22ClNO7/c1-12-15-8-9-18(30-2)21(31-3)20(15)32-23(29)16(12)11-19(26)25-17(22(27)28)10-13-4-6-14(24)7-5-13/h4-9,17H,10-11H2,1-3H3,(H,25,26)(H,27,28)/t17-/m0/s1. The summed E-state index contributed by atoms with van der Waals surface area (Å²) in [6.07, 6.45) is -0.261. The summed E-state index contributed by atoms with van der Waals surface area (Å²) in [6.45, 7) is 1.69. The number of carbonyl (C=O) groups is 2. The molecule has 2 N–H and O–H groups in total. The first kappa shape index (κ1) is 23.1. The Balaban J connectivity index is 1.86. The Hall–Kier alpha value is -3.52. The second kappa shape index (κ2) is 9.74. The molecule has 1 heterocycles. The van der Waals surface area contributed by atoms with E-state index in [-0.39, 0.29) is 29.7 Å². The van der Waals surface area contributed by atoms with Crippen LogP contribution in [0.5, 0.6) is 11.5 Å². The van der Waals surface area contributed by atoms with Gasteiger partial charge in [-0.25, -0.2) is 9.59 Å². The van der Waals surface area contributed by atoms with Crippen molar-refractivity contribution in [3.63, 3.8) is 0 Å². The van der Waals surface area contributed by atoms with Gasteiger partial charge < -0.3 is 24.3 Å². The molecule has 9 heteroatoms. The van der Waals surface area contributed by atoms with Gasteiger partial charge in [0.15, 0.2) is 11.3 Å². The lowest BCUT2D eigenvalue weighted by molar-refractivity contribution is -0.141. The third-order valence-electron chi connectivity index (χ3n) is 5.12. The third kappa shape index (κ3) is 4.86. The molecule has 0 aliphatic heterocycles. The van der Waals surface area contributed by atoms with Crippen molar-refractivity contribution in [2.75, 3.05) is 14.2 Å². The number of aryl methyl sites for hydroxylation is 1. The minimum Gasteiger partial charge on any atom is -0.493 e. The lowest BCUT2D eigenvalue weighted by Gasteiger charge is -2.16. The molecule has 0 aliphatic rings. The molecule has 1 atom stereocenters. The molecule has 0 radical (unpaired) electrons. The first-order valence-electron chi connectivity index (χ1n) is 9.69. The predicted octanol–water partition coefficient (Wildman–Crippen LogP) is 3.13. The summed E-state index contributed by atoms with van der Waals surface area (Å²) in [5.41, 5.74) is 0.880. The average molecular weight is 460 g/mol. The molecule has 0 saturated heterocycles. The number of amides is 1. The van der Waals surface area contributed by atoms with Gasteiger partial charge in [-0.05, 0) is 42.3 Å². The number of aliphatic carboxylic acids is 1. The van der Waals surface area contributed by atoms with Crippen LogP contribution >= 0.6 is 11.6 Å². The van der Waals surface area contributed by atoms with Crippen molar-refractivity contribution in [1.29, 1.82) is 0 Å². The molecule has 2 aromatic carbocycles. The van der Waals surface area contributed by atoms with Crippen molar-refractivity contribution >= 4 is 34.4 Å². The zero-order valence-electron chi connectivity index (χ0n) is 17.7. The number of fused-ring (bicyclic) bond motifs is 1. The molecule has 3 rings (SSSR count). The van der Waals surface area contributed by atoms with Crippen molar-refractivity contribution in [3.8, 4) is 11.5 Å². The van der Waals surface area contributed by atoms with E-state index in [0.29, 0.717) is 27.3 Å². The molecule has 168 valence electrons. The highest BCUT2D eigenvalue weighted by molar-refractivity contribution is 6.30. The Morgan fingerprint density at radius 3 is 2.41 bits per heavy atom. The van der Waals surface area contributed by atoms with E-state index in [2.05, 4.69) is 5.32 Å². The van der Waals surface area contributed by atoms with Gasteiger partial charge in [-0.3, -0.25) is 4.79 Å². The first-order valence-corrected chi connectivity index (χ1v) is 10.1. The van der Waals surface area contributed by atoms with E-state index in [1.807, 2.05) is 0 Å². The van der Waals surface area contributed by atoms with Crippen LogP contribution in [0.1, 0.15) is 16.7 Å². The molecule has 0 saturated carbocycles. The maximum absolute atomic E-state index is 12.6. The van der Waals surface area contributed by atoms with Crippen molar-refractivity contribution in [1.82, 2.24) is 5.32 Å². The monoisotopic (exact) mass is 459 g/mol. The van der Waals surface area contributed by atoms with Gasteiger partial charge in [-0.15, -0.1) is 0 Å². The highest BCUT2D eigenvalue weighted by atomic mass is 35.5. The largest absolute Gasteiger partial charge is 0.493 e. The highest BCUT2D eigenvalue weighted by Crippen LogP contribution is 2.36. The van der Waals surface area contributed by atoms with E-state index in [9.17, 15) is 19.5 Å². The Kier molecular flexibility index (Phi) is 7.05. The smallest absolute Gasteiger partial charge is 0.340 e. The van der Waals surface area contributed by atoms with E-state index in [0.717, 1.165) is 0 Å². The quantitative estimate of drug-likeness (QED) is 0.497. The molecule has 0 bridgehead atoms. The van der Waals surface area contributed by atoms with Crippen LogP contribution in [0.25, 0.3) is 11.0 Å². The molecule has 8 nitrogen and oxygen atoms in total. The van der Waals surface area contributed by atoms with Crippen LogP contribution in [0.4, 0.5) is 0 Å². The number of carbonyl (C=O) groups excluding carboxylic acids is 1. The second-order valence-electron chi connectivity index (χ2n) is 7.14. The van der Waals surface area contributed by atoms with E-state index in [1.54, 1.807) is 43.3 Å². The van der Waals surface area contributed by atoms with E-state index < -0.39 is 23.5 Å². The number of carboxylic acids is 1. The predicted molar refractivity (Wildman–Crippen MR) is 119 cm³/mol. The van der Waals surface area contributed by atoms with Gasteiger partial charge >= 0.3 is 11.6 Å². The highest BCUT2D eigenvalue weighted by Gasteiger charge is 2.23. The Bertz CT molecular complexity index is 1220. The molecule has 0 unspecified atom stereocenters. The maximum atomic E-state index is 12.6. The number of nitrogens with one attached hydrogen (secondary N) is 1. The van der Waals surface area contributed by atoms with Crippen LogP contribution in [0.3, 0.4) is 0 Å². The van der Waals surface area contributed by atoms with Crippen LogP contribution in [0, 0.1) is 6.92 Å². The third-order valence-corrected chi connectivity index (χ3v) is 5.37. The van der Waals surface area contributed by atoms with Crippen LogP contribution < -0.4 is 20.4 Å². The van der Waals surface area contributed by atoms with Crippen molar-refractivity contribution < 1.29 is 28.6 Å². The fourth-order valence-electron chi connectivity index (χ4n) is 3.43. The summed E-state index contributed by atoms with van der Waals surface area (Å²) in [7, 11) is 2.90. The first-order chi connectivity index (χ1) is 15.2. The molecular weight excluding hydrogens is 438 g/mol. The van der Waals surface area contributed by atoms with Gasteiger partial charge in [0.25, 0.3) is 0 Å². The molecule has 1 amide bonds. The maximum Gasteiger partial charge on any atom is 0.340 e. The SMILES string of the molecule is COc1ccc2c(C)c(CC(=O)N[C@@H](Cc3ccc(Cl)cc3)C(=O)O)c(=O)oc2c1OC. The Morgan fingerprint density at radius 2 is 1.81 bits per heavy atom. The molecular formula is C23H22ClNO7. The van der Waals surface area contributed by atoms with Gasteiger partial charge in [0.2, 0.25) is 11.7 Å². The van der Waals surface area contributed by atoms with Gasteiger partial charge in [0.1, 0.15) is 6.04 Å². The molecule has 0 aliphatic carbocycles. The van der Waals surface area contributed by atoms with E-state index >= 15 is 0 Å². The molecule has 1 aromatic heterocycles. The number of halogens is 1. The number of carboxylic acid groups (broad SMARTS) is 1. The van der Waals surface area contributed by atoms with Gasteiger partial charge in [0, 0.05) is 16.8 Å². The van der Waals surface area contributed by atoms with Crippen molar-refractivity contribution in [2.45, 2.75) is 25.8 Å². The minimum atomic E-state index is -1.19. The normalized spacial score (nSPS) is 11.8. The Morgan fingerprint density at radius 1 is 1.12 bits per heavy atom. The van der Waals surface area contributed by atoms with Gasteiger partial charge in [-0.1, -0.05) is 23.7 Å². The van der Waals surface area contributed by atoms with Crippen LogP contribution in [-0.4, -0.2) is 37.2 Å². The summed E-state index contributed by atoms with van der Waals surface area (Å²) in [5.74, 6) is -1.12. The zero-order chi connectivity index (χ0) is 23.4. The van der Waals surface area contributed by atoms with Crippen molar-refractivity contribution in [2.24, 2.45) is 0 Å². The van der Waals surface area contributed by atoms with Gasteiger partial charge in [-0.2, -0.15) is 0 Å².